The van der Waals surface area contributed by atoms with Crippen molar-refractivity contribution in [3.63, 3.8) is 0 Å². The molecular weight excluding hydrogens is 222 g/mol. The van der Waals surface area contributed by atoms with E-state index < -0.39 is 0 Å². The summed E-state index contributed by atoms with van der Waals surface area (Å²) in [6, 6.07) is 3.54. The minimum absolute atomic E-state index is 0. The second-order valence-corrected chi connectivity index (χ2v) is 3.81. The number of carbonyl (C=O) groups excluding carboxylic acids is 2. The van der Waals surface area contributed by atoms with Gasteiger partial charge in [-0.05, 0) is 11.4 Å². The van der Waals surface area contributed by atoms with Crippen LogP contribution < -0.4 is 0 Å². The van der Waals surface area contributed by atoms with Crippen LogP contribution in [-0.4, -0.2) is 30.7 Å². The zero-order chi connectivity index (χ0) is 9.84. The van der Waals surface area contributed by atoms with Crippen molar-refractivity contribution in [1.82, 2.24) is 4.90 Å². The van der Waals surface area contributed by atoms with Crippen molar-refractivity contribution in [1.29, 1.82) is 0 Å². The van der Waals surface area contributed by atoms with Gasteiger partial charge in [0.05, 0.1) is 11.3 Å². The van der Waals surface area contributed by atoms with E-state index in [-0.39, 0.29) is 30.5 Å². The molecule has 0 radical (unpaired) electrons. The van der Waals surface area contributed by atoms with E-state index in [4.69, 9.17) is 0 Å². The summed E-state index contributed by atoms with van der Waals surface area (Å²) in [5.41, 5.74) is 0. The number of Topliss-reactive ketones (excluding diaryl/α,β-unsaturated/α-hetero) is 1. The molecule has 0 aliphatic rings. The molecule has 1 amide bonds. The smallest absolute Gasteiger partial charge is 0.229 e. The first-order valence-corrected chi connectivity index (χ1v) is 4.76. The van der Waals surface area contributed by atoms with Crippen molar-refractivity contribution < 1.29 is 9.59 Å². The summed E-state index contributed by atoms with van der Waals surface area (Å²) >= 11 is 1.36. The first-order valence-electron chi connectivity index (χ1n) is 3.88. The van der Waals surface area contributed by atoms with Crippen molar-refractivity contribution in [3.8, 4) is 0 Å². The van der Waals surface area contributed by atoms with Crippen LogP contribution in [0.5, 0.6) is 0 Å². The van der Waals surface area contributed by atoms with Gasteiger partial charge < -0.3 is 4.90 Å². The van der Waals surface area contributed by atoms with Crippen molar-refractivity contribution in [2.75, 3.05) is 14.1 Å². The van der Waals surface area contributed by atoms with Gasteiger partial charge in [-0.25, -0.2) is 0 Å². The maximum absolute atomic E-state index is 11.4. The van der Waals surface area contributed by atoms with Gasteiger partial charge in [-0.3, -0.25) is 9.59 Å². The van der Waals surface area contributed by atoms with Gasteiger partial charge in [0.2, 0.25) is 5.91 Å². The van der Waals surface area contributed by atoms with Gasteiger partial charge in [0.25, 0.3) is 0 Å². The molecule has 1 rings (SSSR count). The van der Waals surface area contributed by atoms with Gasteiger partial charge in [-0.1, -0.05) is 6.07 Å². The molecule has 0 fully saturated rings. The van der Waals surface area contributed by atoms with E-state index in [2.05, 4.69) is 0 Å². The molecule has 0 aliphatic carbocycles. The summed E-state index contributed by atoms with van der Waals surface area (Å²) < 4.78 is 0. The van der Waals surface area contributed by atoms with Crippen LogP contribution in [0.15, 0.2) is 17.5 Å². The lowest BCUT2D eigenvalue weighted by Gasteiger charge is -2.08. The van der Waals surface area contributed by atoms with Gasteiger partial charge >= 0.3 is 0 Å². The molecule has 3 nitrogen and oxygen atoms in total. The number of amides is 1. The van der Waals surface area contributed by atoms with Crippen molar-refractivity contribution in [2.45, 2.75) is 6.42 Å². The Hall–Kier alpha value is -0.870. The average Bonchev–Trinajstić information content (AvgIpc) is 2.55. The molecule has 0 saturated heterocycles. The van der Waals surface area contributed by atoms with Crippen LogP contribution in [-0.2, 0) is 4.79 Å². The number of carbonyl (C=O) groups is 2. The Morgan fingerprint density at radius 2 is 2.07 bits per heavy atom. The fourth-order valence-corrected chi connectivity index (χ4v) is 1.48. The van der Waals surface area contributed by atoms with Gasteiger partial charge in [0.1, 0.15) is 0 Å². The maximum atomic E-state index is 11.4. The maximum Gasteiger partial charge on any atom is 0.229 e. The summed E-state index contributed by atoms with van der Waals surface area (Å²) in [6.07, 6.45) is -0.0342. The van der Waals surface area contributed by atoms with Crippen LogP contribution in [0.2, 0.25) is 0 Å². The highest BCUT2D eigenvalue weighted by Gasteiger charge is 2.13. The second-order valence-electron chi connectivity index (χ2n) is 2.87. The first kappa shape index (κ1) is 13.1. The summed E-state index contributed by atoms with van der Waals surface area (Å²) in [7, 11) is 3.29. The highest BCUT2D eigenvalue weighted by Crippen LogP contribution is 2.11. The SMILES string of the molecule is CN(C)C(=O)CC(=O)c1cccs1.Cl. The fourth-order valence-electron chi connectivity index (χ4n) is 0.820. The Balaban J connectivity index is 0.00000169. The topological polar surface area (TPSA) is 37.4 Å². The Kier molecular flexibility index (Phi) is 5.42. The van der Waals surface area contributed by atoms with E-state index >= 15 is 0 Å². The molecule has 1 heterocycles. The molecule has 0 N–H and O–H groups in total. The summed E-state index contributed by atoms with van der Waals surface area (Å²) in [5, 5.41) is 1.83. The molecule has 0 aromatic carbocycles. The van der Waals surface area contributed by atoms with E-state index in [1.54, 1.807) is 26.2 Å². The lowest BCUT2D eigenvalue weighted by molar-refractivity contribution is -0.127. The number of halogens is 1. The lowest BCUT2D eigenvalue weighted by Crippen LogP contribution is -2.24. The Morgan fingerprint density at radius 1 is 1.43 bits per heavy atom. The summed E-state index contributed by atoms with van der Waals surface area (Å²) in [4.78, 5) is 24.6. The van der Waals surface area contributed by atoms with E-state index in [0.717, 1.165) is 0 Å². The number of nitrogens with zero attached hydrogens (tertiary/aromatic N) is 1. The monoisotopic (exact) mass is 233 g/mol. The highest BCUT2D eigenvalue weighted by atomic mass is 35.5. The van der Waals surface area contributed by atoms with Crippen LogP contribution in [0.1, 0.15) is 16.1 Å². The molecule has 0 atom stereocenters. The molecule has 0 spiro atoms. The predicted molar refractivity (Wildman–Crippen MR) is 59.2 cm³/mol. The molecule has 0 aliphatic heterocycles. The van der Waals surface area contributed by atoms with Gasteiger partial charge in [-0.15, -0.1) is 23.7 Å². The van der Waals surface area contributed by atoms with Crippen LogP contribution in [0.4, 0.5) is 0 Å². The van der Waals surface area contributed by atoms with Crippen molar-refractivity contribution in [3.05, 3.63) is 22.4 Å². The first-order chi connectivity index (χ1) is 6.11. The van der Waals surface area contributed by atoms with Gasteiger partial charge in [0.15, 0.2) is 5.78 Å². The molecular formula is C9H12ClNO2S. The minimum Gasteiger partial charge on any atom is -0.348 e. The normalized spacial score (nSPS) is 9.00. The summed E-state index contributed by atoms with van der Waals surface area (Å²) in [5.74, 6) is -0.257. The van der Waals surface area contributed by atoms with Crippen LogP contribution in [0.3, 0.4) is 0 Å². The number of ketones is 1. The zero-order valence-electron chi connectivity index (χ0n) is 8.02. The van der Waals surface area contributed by atoms with E-state index in [0.29, 0.717) is 4.88 Å². The molecule has 14 heavy (non-hydrogen) atoms. The van der Waals surface area contributed by atoms with E-state index in [1.165, 1.54) is 16.2 Å². The molecule has 78 valence electrons. The number of hydrogen-bond donors (Lipinski definition) is 0. The average molecular weight is 234 g/mol. The third-order valence-electron chi connectivity index (χ3n) is 1.61. The van der Waals surface area contributed by atoms with Crippen LogP contribution >= 0.6 is 23.7 Å². The zero-order valence-corrected chi connectivity index (χ0v) is 9.65. The van der Waals surface area contributed by atoms with Gasteiger partial charge in [-0.2, -0.15) is 0 Å². The van der Waals surface area contributed by atoms with Gasteiger partial charge in [0, 0.05) is 14.1 Å². The van der Waals surface area contributed by atoms with E-state index in [1.807, 2.05) is 5.38 Å². The Bertz CT molecular complexity index is 309. The number of thiophene rings is 1. The predicted octanol–water partition coefficient (Wildman–Crippen LogP) is 1.83. The van der Waals surface area contributed by atoms with Crippen molar-refractivity contribution in [2.24, 2.45) is 0 Å². The third-order valence-corrected chi connectivity index (χ3v) is 2.52. The molecule has 0 unspecified atom stereocenters. The largest absolute Gasteiger partial charge is 0.348 e. The highest BCUT2D eigenvalue weighted by molar-refractivity contribution is 7.12. The summed E-state index contributed by atoms with van der Waals surface area (Å²) in [6.45, 7) is 0. The fraction of sp³-hybridized carbons (Fsp3) is 0.333. The quantitative estimate of drug-likeness (QED) is 0.590. The van der Waals surface area contributed by atoms with Crippen LogP contribution in [0.25, 0.3) is 0 Å². The number of rotatable bonds is 3. The lowest BCUT2D eigenvalue weighted by atomic mass is 10.2. The Morgan fingerprint density at radius 3 is 2.50 bits per heavy atom. The molecule has 1 aromatic heterocycles. The molecule has 1 aromatic rings. The molecule has 5 heteroatoms. The number of hydrogen-bond acceptors (Lipinski definition) is 3. The standard InChI is InChI=1S/C9H11NO2S.ClH/c1-10(2)9(12)6-7(11)8-4-3-5-13-8;/h3-5H,6H2,1-2H3;1H. The van der Waals surface area contributed by atoms with Crippen molar-refractivity contribution >= 4 is 35.4 Å². The molecule has 0 saturated carbocycles. The van der Waals surface area contributed by atoms with Crippen LogP contribution in [0, 0.1) is 0 Å². The minimum atomic E-state index is -0.154. The second kappa shape index (κ2) is 5.78. The molecule has 0 bridgehead atoms. The Labute approximate surface area is 93.1 Å². The third kappa shape index (κ3) is 3.47. The van der Waals surface area contributed by atoms with E-state index in [9.17, 15) is 9.59 Å².